The number of nitrogens with zero attached hydrogens (tertiary/aromatic N) is 4. The van der Waals surface area contributed by atoms with E-state index in [2.05, 4.69) is 86.0 Å². The Bertz CT molecular complexity index is 1940. The van der Waals surface area contributed by atoms with Crippen molar-refractivity contribution in [1.82, 2.24) is 40.4 Å². The zero-order chi connectivity index (χ0) is 39.1. The van der Waals surface area contributed by atoms with Crippen LogP contribution >= 0.6 is 0 Å². The second kappa shape index (κ2) is 17.7. The van der Waals surface area contributed by atoms with Gasteiger partial charge in [-0.05, 0) is 60.3 Å². The minimum Gasteiger partial charge on any atom is -0.453 e. The molecule has 4 aromatic rings. The number of amides is 4. The summed E-state index contributed by atoms with van der Waals surface area (Å²) in [5.74, 6) is 1.10. The minimum atomic E-state index is -0.687. The molecule has 4 atom stereocenters. The molecule has 0 bridgehead atoms. The number of alkyl carbamates (subject to hydrolysis) is 2. The molecule has 0 spiro atoms. The van der Waals surface area contributed by atoms with Gasteiger partial charge in [0.1, 0.15) is 23.7 Å². The van der Waals surface area contributed by atoms with Gasteiger partial charge in [0.2, 0.25) is 11.8 Å². The van der Waals surface area contributed by atoms with Gasteiger partial charge in [0.05, 0.1) is 50.1 Å². The predicted octanol–water partition coefficient (Wildman–Crippen LogP) is 6.76. The summed E-state index contributed by atoms with van der Waals surface area (Å²) in [4.78, 5) is 70.9. The normalized spacial score (nSPS) is 17.9. The van der Waals surface area contributed by atoms with Gasteiger partial charge in [0.15, 0.2) is 0 Å². The molecule has 292 valence electrons. The number of unbranched alkanes of at least 4 members (excludes halogenated alkanes) is 1. The number of hydrogen-bond acceptors (Lipinski definition) is 8. The van der Waals surface area contributed by atoms with Crippen molar-refractivity contribution < 1.29 is 28.7 Å². The molecule has 0 saturated carbocycles. The Morgan fingerprint density at radius 1 is 0.727 bits per heavy atom. The van der Waals surface area contributed by atoms with Crippen LogP contribution in [-0.2, 0) is 19.1 Å². The third kappa shape index (κ3) is 8.84. The van der Waals surface area contributed by atoms with Gasteiger partial charge >= 0.3 is 12.2 Å². The summed E-state index contributed by atoms with van der Waals surface area (Å²) in [6.07, 6.45) is 7.95. The Morgan fingerprint density at radius 2 is 1.18 bits per heavy atom. The van der Waals surface area contributed by atoms with Gasteiger partial charge in [-0.25, -0.2) is 19.6 Å². The molecule has 6 rings (SSSR count). The fourth-order valence-corrected chi connectivity index (χ4v) is 7.56. The number of benzene rings is 2. The molecule has 55 heavy (non-hydrogen) atoms. The number of nitrogens with one attached hydrogen (secondary N) is 4. The van der Waals surface area contributed by atoms with Gasteiger partial charge in [0, 0.05) is 13.1 Å². The van der Waals surface area contributed by atoms with E-state index in [-0.39, 0.29) is 29.8 Å². The van der Waals surface area contributed by atoms with Crippen LogP contribution < -0.4 is 10.6 Å². The van der Waals surface area contributed by atoms with Crippen LogP contribution in [0.2, 0.25) is 0 Å². The summed E-state index contributed by atoms with van der Waals surface area (Å²) < 4.78 is 9.53. The maximum absolute atomic E-state index is 13.6. The highest BCUT2D eigenvalue weighted by Crippen LogP contribution is 2.35. The summed E-state index contributed by atoms with van der Waals surface area (Å²) in [7, 11) is 2.59. The van der Waals surface area contributed by atoms with Crippen molar-refractivity contribution in [2.24, 2.45) is 5.92 Å². The van der Waals surface area contributed by atoms with Crippen molar-refractivity contribution in [3.05, 3.63) is 72.6 Å². The molecule has 0 aliphatic carbocycles. The maximum Gasteiger partial charge on any atom is 0.407 e. The molecular weight excluding hydrogens is 701 g/mol. The number of carbonyl (C=O) groups is 4. The summed E-state index contributed by atoms with van der Waals surface area (Å²) in [6, 6.07) is 14.8. The van der Waals surface area contributed by atoms with Gasteiger partial charge in [-0.15, -0.1) is 0 Å². The number of aromatic amines is 2. The lowest BCUT2D eigenvalue weighted by Crippen LogP contribution is -2.51. The van der Waals surface area contributed by atoms with E-state index in [9.17, 15) is 19.2 Å². The number of rotatable bonds is 13. The lowest BCUT2D eigenvalue weighted by atomic mass is 10.0. The molecule has 0 radical (unpaired) electrons. The maximum atomic E-state index is 13.6. The molecule has 2 aliphatic rings. The molecule has 2 aromatic carbocycles. The molecule has 4 N–H and O–H groups in total. The number of methoxy groups -OCH3 is 2. The van der Waals surface area contributed by atoms with E-state index in [0.29, 0.717) is 19.5 Å². The average Bonchev–Trinajstić information content (AvgIpc) is 4.04. The molecule has 2 fully saturated rings. The Morgan fingerprint density at radius 3 is 1.64 bits per heavy atom. The molecule has 2 aromatic heterocycles. The number of carbonyl (C=O) groups excluding carboxylic acids is 4. The lowest BCUT2D eigenvalue weighted by Gasteiger charge is -2.30. The highest BCUT2D eigenvalue weighted by Gasteiger charge is 2.38. The van der Waals surface area contributed by atoms with Crippen molar-refractivity contribution in [1.29, 1.82) is 0 Å². The van der Waals surface area contributed by atoms with Crippen LogP contribution in [0.3, 0.4) is 0 Å². The third-order valence-corrected chi connectivity index (χ3v) is 10.6. The van der Waals surface area contributed by atoms with E-state index in [0.717, 1.165) is 83.8 Å². The number of ether oxygens (including phenoxy) is 2. The second-order valence-electron chi connectivity index (χ2n) is 14.6. The van der Waals surface area contributed by atoms with Crippen LogP contribution in [0.4, 0.5) is 9.59 Å². The first-order chi connectivity index (χ1) is 26.6. The number of imidazole rings is 2. The summed E-state index contributed by atoms with van der Waals surface area (Å²) in [5, 5.41) is 5.42. The van der Waals surface area contributed by atoms with Crippen molar-refractivity contribution in [3.8, 4) is 33.6 Å². The number of likely N-dealkylation sites (tertiary alicyclic amines) is 2. The Hall–Kier alpha value is -5.66. The summed E-state index contributed by atoms with van der Waals surface area (Å²) in [6.45, 7) is 7.06. The van der Waals surface area contributed by atoms with Crippen molar-refractivity contribution in [2.45, 2.75) is 89.9 Å². The van der Waals surface area contributed by atoms with Gasteiger partial charge in [-0.2, -0.15) is 0 Å². The van der Waals surface area contributed by atoms with E-state index >= 15 is 0 Å². The fraction of sp³-hybridized carbons (Fsp3) is 0.463. The minimum absolute atomic E-state index is 0.104. The molecule has 14 heteroatoms. The van der Waals surface area contributed by atoms with E-state index in [1.54, 1.807) is 6.20 Å². The van der Waals surface area contributed by atoms with Crippen LogP contribution in [0.1, 0.15) is 89.4 Å². The van der Waals surface area contributed by atoms with E-state index in [1.807, 2.05) is 29.8 Å². The van der Waals surface area contributed by atoms with Crippen LogP contribution in [0, 0.1) is 5.92 Å². The van der Waals surface area contributed by atoms with Crippen LogP contribution in [-0.4, -0.2) is 93.1 Å². The average molecular weight is 753 g/mol. The van der Waals surface area contributed by atoms with Gasteiger partial charge in [-0.1, -0.05) is 82.1 Å². The number of hydrogen-bond donors (Lipinski definition) is 4. The topological polar surface area (TPSA) is 175 Å². The van der Waals surface area contributed by atoms with Crippen molar-refractivity contribution in [2.75, 3.05) is 27.3 Å². The second-order valence-corrected chi connectivity index (χ2v) is 14.6. The molecule has 2 aliphatic heterocycles. The van der Waals surface area contributed by atoms with E-state index in [1.165, 1.54) is 14.2 Å². The van der Waals surface area contributed by atoms with Crippen LogP contribution in [0.5, 0.6) is 0 Å². The molecular formula is C41H52N8O6. The van der Waals surface area contributed by atoms with Gasteiger partial charge < -0.3 is 39.9 Å². The first-order valence-corrected chi connectivity index (χ1v) is 19.2. The monoisotopic (exact) mass is 752 g/mol. The first kappa shape index (κ1) is 39.0. The van der Waals surface area contributed by atoms with Crippen LogP contribution in [0.25, 0.3) is 33.6 Å². The van der Waals surface area contributed by atoms with Gasteiger partial charge in [-0.3, -0.25) is 9.59 Å². The highest BCUT2D eigenvalue weighted by atomic mass is 16.5. The Labute approximate surface area is 321 Å². The molecule has 4 heterocycles. The third-order valence-electron chi connectivity index (χ3n) is 10.6. The molecule has 4 amide bonds. The smallest absolute Gasteiger partial charge is 0.407 e. The Balaban J connectivity index is 1.10. The summed E-state index contributed by atoms with van der Waals surface area (Å²) >= 11 is 0. The van der Waals surface area contributed by atoms with Crippen molar-refractivity contribution in [3.63, 3.8) is 0 Å². The molecule has 2 saturated heterocycles. The molecule has 0 unspecified atom stereocenters. The summed E-state index contributed by atoms with van der Waals surface area (Å²) in [5.41, 5.74) is 5.80. The first-order valence-electron chi connectivity index (χ1n) is 19.2. The van der Waals surface area contributed by atoms with Crippen LogP contribution in [0.15, 0.2) is 60.9 Å². The number of aromatic nitrogens is 4. The quantitative estimate of drug-likeness (QED) is 0.116. The zero-order valence-electron chi connectivity index (χ0n) is 32.3. The van der Waals surface area contributed by atoms with E-state index < -0.39 is 24.3 Å². The lowest BCUT2D eigenvalue weighted by molar-refractivity contribution is -0.135. The number of H-pyrrole nitrogens is 2. The highest BCUT2D eigenvalue weighted by molar-refractivity contribution is 5.87. The van der Waals surface area contributed by atoms with Crippen molar-refractivity contribution >= 4 is 24.0 Å². The van der Waals surface area contributed by atoms with E-state index in [4.69, 9.17) is 9.47 Å². The molecule has 14 nitrogen and oxygen atoms in total. The standard InChI is InChI=1S/C41H52N8O6/c1-6-7-10-30(46-40(52)54-4)38(50)48-21-8-11-33(48)36-42-23-31(44-36)28-17-13-26(14-18-28)27-15-19-29(20-16-27)32-24-43-37(45-32)34-12-9-22-49(34)39(51)35(25(2)3)47-41(53)55-5/h13-20,23-25,30,33-35H,6-12,21-22H2,1-5H3,(H,42,44)(H,43,45)(H,46,52)(H,47,53)/t30-,33-,34-,35-/m0/s1. The largest absolute Gasteiger partial charge is 0.453 e. The van der Waals surface area contributed by atoms with Gasteiger partial charge in [0.25, 0.3) is 0 Å². The SMILES string of the molecule is CCCC[C@H](NC(=O)OC)C(=O)N1CCC[C@H]1c1ncc(-c2ccc(-c3ccc(-c4cnc([C@@H]5CCCN5C(=O)[C@@H](NC(=O)OC)C(C)C)[nH]4)cc3)cc2)[nH]1. The Kier molecular flexibility index (Phi) is 12.5. The fourth-order valence-electron chi connectivity index (χ4n) is 7.56. The predicted molar refractivity (Wildman–Crippen MR) is 207 cm³/mol. The zero-order valence-corrected chi connectivity index (χ0v) is 32.3.